The molecule has 0 fully saturated rings. The lowest BCUT2D eigenvalue weighted by atomic mass is 10.0. The molecule has 0 aromatic carbocycles. The van der Waals surface area contributed by atoms with E-state index in [1.807, 2.05) is 0 Å². The second-order valence-corrected chi connectivity index (χ2v) is 2.26. The van der Waals surface area contributed by atoms with Crippen LogP contribution in [0.4, 0.5) is 13.2 Å². The molecule has 0 aromatic rings. The van der Waals surface area contributed by atoms with Gasteiger partial charge in [0.05, 0.1) is 17.0 Å². The summed E-state index contributed by atoms with van der Waals surface area (Å²) in [5, 5.41) is 13.9. The van der Waals surface area contributed by atoms with Gasteiger partial charge in [-0.15, -0.1) is 0 Å². The predicted octanol–water partition coefficient (Wildman–Crippen LogP) is 2.08. The maximum Gasteiger partial charge on any atom is 0.416 e. The Morgan fingerprint density at radius 3 is 2.00 bits per heavy atom. The molecule has 0 amide bonds. The molecule has 0 saturated carbocycles. The van der Waals surface area contributed by atoms with Crippen LogP contribution in [0.3, 0.4) is 0 Å². The number of halogens is 3. The van der Waals surface area contributed by atoms with Crippen LogP contribution in [0.1, 0.15) is 0 Å². The van der Waals surface area contributed by atoms with Crippen LogP contribution in [0.15, 0.2) is 23.8 Å². The van der Waals surface area contributed by atoms with Crippen molar-refractivity contribution in [3.8, 4) is 0 Å². The Morgan fingerprint density at radius 1 is 1.00 bits per heavy atom. The maximum atomic E-state index is 12.0. The average Bonchev–Trinajstić information content (AvgIpc) is 1.92. The third-order valence-corrected chi connectivity index (χ3v) is 1.35. The van der Waals surface area contributed by atoms with Crippen LogP contribution in [-0.2, 0) is 0 Å². The van der Waals surface area contributed by atoms with Crippen LogP contribution in [0.25, 0.3) is 0 Å². The van der Waals surface area contributed by atoms with Crippen LogP contribution in [-0.4, -0.2) is 17.6 Å². The normalized spacial score (nSPS) is 18.1. The van der Waals surface area contributed by atoms with Gasteiger partial charge in [0, 0.05) is 0 Å². The van der Waals surface area contributed by atoms with E-state index in [9.17, 15) is 13.2 Å². The topological polar surface area (TPSA) is 47.7 Å². The summed E-state index contributed by atoms with van der Waals surface area (Å²) in [4.78, 5) is 0. The summed E-state index contributed by atoms with van der Waals surface area (Å²) in [7, 11) is 0. The number of hydrogen-bond acceptors (Lipinski definition) is 2. The van der Waals surface area contributed by atoms with Gasteiger partial charge in [-0.1, -0.05) is 0 Å². The standard InChI is InChI=1S/C7H5F3N2/c8-7(9,10)4-1-2-5(11)6(12)3-4/h1-3,11-12H. The summed E-state index contributed by atoms with van der Waals surface area (Å²) in [6.45, 7) is 0. The van der Waals surface area contributed by atoms with E-state index in [2.05, 4.69) is 0 Å². The molecule has 2 nitrogen and oxygen atoms in total. The molecule has 0 heterocycles. The first-order chi connectivity index (χ1) is 5.41. The van der Waals surface area contributed by atoms with Crippen LogP contribution in [0.2, 0.25) is 0 Å². The summed E-state index contributed by atoms with van der Waals surface area (Å²) < 4.78 is 35.9. The minimum Gasteiger partial charge on any atom is -0.299 e. The number of allylic oxidation sites excluding steroid dienone is 4. The van der Waals surface area contributed by atoms with Crippen molar-refractivity contribution in [1.82, 2.24) is 0 Å². The van der Waals surface area contributed by atoms with E-state index < -0.39 is 17.5 Å². The van der Waals surface area contributed by atoms with E-state index in [-0.39, 0.29) is 5.71 Å². The molecular weight excluding hydrogens is 169 g/mol. The Morgan fingerprint density at radius 2 is 1.58 bits per heavy atom. The van der Waals surface area contributed by atoms with Gasteiger partial charge < -0.3 is 0 Å². The molecule has 2 N–H and O–H groups in total. The van der Waals surface area contributed by atoms with E-state index in [4.69, 9.17) is 10.8 Å². The fraction of sp³-hybridized carbons (Fsp3) is 0.143. The van der Waals surface area contributed by atoms with Crippen molar-refractivity contribution >= 4 is 11.4 Å². The van der Waals surface area contributed by atoms with E-state index in [1.165, 1.54) is 0 Å². The molecule has 0 spiro atoms. The zero-order valence-electron chi connectivity index (χ0n) is 5.87. The summed E-state index contributed by atoms with van der Waals surface area (Å²) >= 11 is 0. The molecule has 1 aliphatic carbocycles. The molecule has 0 bridgehead atoms. The lowest BCUT2D eigenvalue weighted by Gasteiger charge is -2.11. The van der Waals surface area contributed by atoms with Crippen LogP contribution in [0, 0.1) is 10.8 Å². The molecule has 0 aromatic heterocycles. The first kappa shape index (κ1) is 8.70. The van der Waals surface area contributed by atoms with Gasteiger partial charge >= 0.3 is 6.18 Å². The molecule has 12 heavy (non-hydrogen) atoms. The zero-order chi connectivity index (χ0) is 9.35. The van der Waals surface area contributed by atoms with Crippen LogP contribution >= 0.6 is 0 Å². The summed E-state index contributed by atoms with van der Waals surface area (Å²) in [5.74, 6) is 0. The quantitative estimate of drug-likeness (QED) is 0.528. The van der Waals surface area contributed by atoms with E-state index in [0.29, 0.717) is 6.08 Å². The highest BCUT2D eigenvalue weighted by atomic mass is 19.4. The number of alkyl halides is 3. The predicted molar refractivity (Wildman–Crippen MR) is 38.7 cm³/mol. The molecule has 1 aliphatic rings. The van der Waals surface area contributed by atoms with Crippen molar-refractivity contribution in [2.75, 3.05) is 0 Å². The molecule has 0 unspecified atom stereocenters. The third-order valence-electron chi connectivity index (χ3n) is 1.35. The smallest absolute Gasteiger partial charge is 0.299 e. The molecule has 64 valence electrons. The fourth-order valence-electron chi connectivity index (χ4n) is 0.721. The van der Waals surface area contributed by atoms with Gasteiger partial charge in [0.1, 0.15) is 0 Å². The summed E-state index contributed by atoms with van der Waals surface area (Å²) in [6, 6.07) is 0. The highest BCUT2D eigenvalue weighted by Gasteiger charge is 2.33. The molecule has 0 saturated heterocycles. The summed E-state index contributed by atoms with van der Waals surface area (Å²) in [5.41, 5.74) is -1.50. The fourth-order valence-corrected chi connectivity index (χ4v) is 0.721. The average molecular weight is 174 g/mol. The van der Waals surface area contributed by atoms with Gasteiger partial charge in [-0.3, -0.25) is 10.8 Å². The number of rotatable bonds is 0. The highest BCUT2D eigenvalue weighted by molar-refractivity contribution is 6.49. The molecule has 0 atom stereocenters. The van der Waals surface area contributed by atoms with Gasteiger partial charge in [0.2, 0.25) is 0 Å². The van der Waals surface area contributed by atoms with E-state index in [0.717, 1.165) is 12.2 Å². The van der Waals surface area contributed by atoms with Gasteiger partial charge in [0.15, 0.2) is 0 Å². The molecule has 1 rings (SSSR count). The lowest BCUT2D eigenvalue weighted by Crippen LogP contribution is -2.18. The van der Waals surface area contributed by atoms with E-state index in [1.54, 1.807) is 0 Å². The number of nitrogens with one attached hydrogen (secondary N) is 2. The third kappa shape index (κ3) is 1.61. The van der Waals surface area contributed by atoms with Crippen LogP contribution in [0.5, 0.6) is 0 Å². The van der Waals surface area contributed by atoms with Crippen molar-refractivity contribution in [3.63, 3.8) is 0 Å². The second kappa shape index (κ2) is 2.58. The van der Waals surface area contributed by atoms with E-state index >= 15 is 0 Å². The van der Waals surface area contributed by atoms with Crippen LogP contribution < -0.4 is 0 Å². The zero-order valence-corrected chi connectivity index (χ0v) is 5.87. The monoisotopic (exact) mass is 174 g/mol. The Balaban J connectivity index is 2.99. The second-order valence-electron chi connectivity index (χ2n) is 2.26. The van der Waals surface area contributed by atoms with Gasteiger partial charge in [0.25, 0.3) is 0 Å². The Kier molecular flexibility index (Phi) is 1.87. The van der Waals surface area contributed by atoms with Crippen molar-refractivity contribution in [3.05, 3.63) is 23.8 Å². The Labute approximate surface area is 66.4 Å². The van der Waals surface area contributed by atoms with Gasteiger partial charge in [-0.25, -0.2) is 0 Å². The molecule has 5 heteroatoms. The van der Waals surface area contributed by atoms with Gasteiger partial charge in [-0.2, -0.15) is 13.2 Å². The van der Waals surface area contributed by atoms with Gasteiger partial charge in [-0.05, 0) is 18.2 Å². The lowest BCUT2D eigenvalue weighted by molar-refractivity contribution is -0.0881. The number of hydrogen-bond donors (Lipinski definition) is 2. The first-order valence-electron chi connectivity index (χ1n) is 3.05. The largest absolute Gasteiger partial charge is 0.416 e. The minimum atomic E-state index is -4.43. The molecule has 0 radical (unpaired) electrons. The molecular formula is C7H5F3N2. The van der Waals surface area contributed by atoms with Crippen molar-refractivity contribution in [2.24, 2.45) is 0 Å². The Hall–Kier alpha value is -1.39. The minimum absolute atomic E-state index is 0.206. The summed E-state index contributed by atoms with van der Waals surface area (Å²) in [6.07, 6.45) is -2.03. The van der Waals surface area contributed by atoms with Crippen molar-refractivity contribution < 1.29 is 13.2 Å². The maximum absolute atomic E-state index is 12.0. The highest BCUT2D eigenvalue weighted by Crippen LogP contribution is 2.27. The SMILES string of the molecule is N=C1C=CC(C(F)(F)F)=CC1=N. The molecule has 0 aliphatic heterocycles. The van der Waals surface area contributed by atoms with Crippen molar-refractivity contribution in [2.45, 2.75) is 6.18 Å². The van der Waals surface area contributed by atoms with Crippen molar-refractivity contribution in [1.29, 1.82) is 10.8 Å². The first-order valence-corrected chi connectivity index (χ1v) is 3.05. The Bertz CT molecular complexity index is 296.